The Hall–Kier alpha value is -2.80. The van der Waals surface area contributed by atoms with Gasteiger partial charge in [-0.3, -0.25) is 4.79 Å². The number of nitrogens with zero attached hydrogens (tertiary/aromatic N) is 3. The van der Waals surface area contributed by atoms with E-state index >= 15 is 0 Å². The van der Waals surface area contributed by atoms with Crippen molar-refractivity contribution >= 4 is 23.4 Å². The smallest absolute Gasteiger partial charge is 0.237 e. The number of rotatable bonds is 7. The van der Waals surface area contributed by atoms with E-state index in [4.69, 9.17) is 4.74 Å². The van der Waals surface area contributed by atoms with Gasteiger partial charge in [-0.25, -0.2) is 0 Å². The van der Waals surface area contributed by atoms with Gasteiger partial charge in [-0.1, -0.05) is 30.8 Å². The summed E-state index contributed by atoms with van der Waals surface area (Å²) < 4.78 is 7.08. The van der Waals surface area contributed by atoms with Crippen molar-refractivity contribution in [3.8, 4) is 17.1 Å². The second kappa shape index (κ2) is 8.93. The minimum Gasteiger partial charge on any atom is -0.497 e. The number of carbonyl (C=O) groups excluding carboxylic acids is 1. The third kappa shape index (κ3) is 4.54. The lowest BCUT2D eigenvalue weighted by molar-refractivity contribution is -0.115. The van der Waals surface area contributed by atoms with E-state index in [0.29, 0.717) is 5.16 Å². The fourth-order valence-electron chi connectivity index (χ4n) is 2.69. The van der Waals surface area contributed by atoms with Gasteiger partial charge in [0, 0.05) is 18.3 Å². The highest BCUT2D eigenvalue weighted by Gasteiger charge is 2.19. The molecular formula is C21H24N4O2S. The molecule has 6 nitrogen and oxygen atoms in total. The highest BCUT2D eigenvalue weighted by atomic mass is 32.2. The normalized spacial score (nSPS) is 11.9. The van der Waals surface area contributed by atoms with Crippen LogP contribution in [0.2, 0.25) is 0 Å². The number of aryl methyl sites for hydroxylation is 1. The van der Waals surface area contributed by atoms with Crippen LogP contribution in [-0.4, -0.2) is 33.0 Å². The fraction of sp³-hybridized carbons (Fsp3) is 0.286. The van der Waals surface area contributed by atoms with Crippen LogP contribution in [0.5, 0.6) is 5.75 Å². The predicted molar refractivity (Wildman–Crippen MR) is 113 cm³/mol. The summed E-state index contributed by atoms with van der Waals surface area (Å²) in [5, 5.41) is 11.9. The second-order valence-corrected chi connectivity index (χ2v) is 7.70. The highest BCUT2D eigenvalue weighted by molar-refractivity contribution is 8.00. The maximum atomic E-state index is 12.5. The molecule has 0 fully saturated rings. The van der Waals surface area contributed by atoms with Crippen molar-refractivity contribution in [2.75, 3.05) is 12.4 Å². The minimum absolute atomic E-state index is 0.0664. The first kappa shape index (κ1) is 19.9. The molecule has 0 saturated heterocycles. The first-order valence-corrected chi connectivity index (χ1v) is 10.00. The van der Waals surface area contributed by atoms with E-state index in [-0.39, 0.29) is 11.2 Å². The molecule has 0 aliphatic carbocycles. The highest BCUT2D eigenvalue weighted by Crippen LogP contribution is 2.27. The summed E-state index contributed by atoms with van der Waals surface area (Å²) in [7, 11) is 3.53. The first-order chi connectivity index (χ1) is 13.5. The van der Waals surface area contributed by atoms with E-state index in [1.807, 2.05) is 67.1 Å². The van der Waals surface area contributed by atoms with Gasteiger partial charge >= 0.3 is 0 Å². The van der Waals surface area contributed by atoms with Crippen molar-refractivity contribution in [2.24, 2.45) is 7.05 Å². The van der Waals surface area contributed by atoms with Crippen LogP contribution in [0.3, 0.4) is 0 Å². The lowest BCUT2D eigenvalue weighted by atomic mass is 10.1. The van der Waals surface area contributed by atoms with Crippen molar-refractivity contribution in [3.63, 3.8) is 0 Å². The Balaban J connectivity index is 1.67. The molecule has 0 aliphatic rings. The summed E-state index contributed by atoms with van der Waals surface area (Å²) in [4.78, 5) is 12.5. The van der Waals surface area contributed by atoms with E-state index in [2.05, 4.69) is 22.4 Å². The third-order valence-corrected chi connectivity index (χ3v) is 5.60. The molecular weight excluding hydrogens is 372 g/mol. The lowest BCUT2D eigenvalue weighted by Gasteiger charge is -2.12. The summed E-state index contributed by atoms with van der Waals surface area (Å²) in [5.74, 6) is 1.47. The van der Waals surface area contributed by atoms with E-state index in [1.165, 1.54) is 17.3 Å². The molecule has 1 aromatic heterocycles. The SMILES string of the molecule is CCc1ccc(NC(=O)[C@@H](C)Sc2nnc(-c3ccc(OC)cc3)n2C)cc1. The Morgan fingerprint density at radius 3 is 2.43 bits per heavy atom. The molecule has 7 heteroatoms. The number of benzene rings is 2. The van der Waals surface area contributed by atoms with Crippen LogP contribution in [0.1, 0.15) is 19.4 Å². The Bertz CT molecular complexity index is 936. The molecule has 0 unspecified atom stereocenters. The van der Waals surface area contributed by atoms with Crippen LogP contribution < -0.4 is 10.1 Å². The zero-order valence-electron chi connectivity index (χ0n) is 16.5. The summed E-state index contributed by atoms with van der Waals surface area (Å²) in [6.45, 7) is 3.97. The van der Waals surface area contributed by atoms with Crippen LogP contribution in [-0.2, 0) is 18.3 Å². The predicted octanol–water partition coefficient (Wildman–Crippen LogP) is 4.17. The van der Waals surface area contributed by atoms with Gasteiger partial charge in [-0.15, -0.1) is 10.2 Å². The maximum Gasteiger partial charge on any atom is 0.237 e. The van der Waals surface area contributed by atoms with Crippen molar-refractivity contribution in [3.05, 3.63) is 54.1 Å². The molecule has 1 amide bonds. The van der Waals surface area contributed by atoms with Gasteiger partial charge in [-0.2, -0.15) is 0 Å². The van der Waals surface area contributed by atoms with Crippen molar-refractivity contribution < 1.29 is 9.53 Å². The Morgan fingerprint density at radius 2 is 1.82 bits per heavy atom. The molecule has 1 N–H and O–H groups in total. The second-order valence-electron chi connectivity index (χ2n) is 6.39. The number of ether oxygens (including phenoxy) is 1. The Labute approximate surface area is 169 Å². The van der Waals surface area contributed by atoms with Crippen LogP contribution in [0.4, 0.5) is 5.69 Å². The Morgan fingerprint density at radius 1 is 1.14 bits per heavy atom. The van der Waals surface area contributed by atoms with Gasteiger partial charge in [0.1, 0.15) is 5.75 Å². The van der Waals surface area contributed by atoms with Gasteiger partial charge < -0.3 is 14.6 Å². The number of methoxy groups -OCH3 is 1. The summed E-state index contributed by atoms with van der Waals surface area (Å²) in [6, 6.07) is 15.6. The standard InChI is InChI=1S/C21H24N4O2S/c1-5-15-6-10-17(11-7-15)22-20(26)14(2)28-21-24-23-19(25(21)3)16-8-12-18(27-4)13-9-16/h6-14H,5H2,1-4H3,(H,22,26)/t14-/m1/s1. The molecule has 1 heterocycles. The van der Waals surface area contributed by atoms with Crippen LogP contribution in [0.25, 0.3) is 11.4 Å². The van der Waals surface area contributed by atoms with E-state index in [0.717, 1.165) is 29.2 Å². The molecule has 0 saturated carbocycles. The maximum absolute atomic E-state index is 12.5. The zero-order valence-corrected chi connectivity index (χ0v) is 17.3. The number of hydrogen-bond donors (Lipinski definition) is 1. The van der Waals surface area contributed by atoms with Crippen LogP contribution in [0, 0.1) is 0 Å². The summed E-state index contributed by atoms with van der Waals surface area (Å²) in [6.07, 6.45) is 0.975. The summed E-state index contributed by atoms with van der Waals surface area (Å²) >= 11 is 1.38. The monoisotopic (exact) mass is 396 g/mol. The minimum atomic E-state index is -0.308. The van der Waals surface area contributed by atoms with Gasteiger partial charge in [0.25, 0.3) is 0 Å². The number of nitrogens with one attached hydrogen (secondary N) is 1. The first-order valence-electron chi connectivity index (χ1n) is 9.12. The molecule has 3 rings (SSSR count). The van der Waals surface area contributed by atoms with E-state index in [1.54, 1.807) is 7.11 Å². The number of carbonyl (C=O) groups is 1. The number of thioether (sulfide) groups is 1. The lowest BCUT2D eigenvalue weighted by Crippen LogP contribution is -2.22. The van der Waals surface area contributed by atoms with Crippen LogP contribution in [0.15, 0.2) is 53.7 Å². The molecule has 1 atom stereocenters. The quantitative estimate of drug-likeness (QED) is 0.607. The average Bonchev–Trinajstić information content (AvgIpc) is 3.08. The fourth-order valence-corrected chi connectivity index (χ4v) is 3.50. The van der Waals surface area contributed by atoms with Gasteiger partial charge in [0.2, 0.25) is 5.91 Å². The van der Waals surface area contributed by atoms with Crippen LogP contribution >= 0.6 is 11.8 Å². The topological polar surface area (TPSA) is 69.0 Å². The van der Waals surface area contributed by atoms with Gasteiger partial charge in [0.15, 0.2) is 11.0 Å². The number of hydrogen-bond acceptors (Lipinski definition) is 5. The van der Waals surface area contributed by atoms with Crippen molar-refractivity contribution in [1.82, 2.24) is 14.8 Å². The molecule has 28 heavy (non-hydrogen) atoms. The largest absolute Gasteiger partial charge is 0.497 e. The summed E-state index contributed by atoms with van der Waals surface area (Å²) in [5.41, 5.74) is 2.98. The molecule has 146 valence electrons. The molecule has 0 aliphatic heterocycles. The molecule has 0 spiro atoms. The van der Waals surface area contributed by atoms with E-state index < -0.39 is 0 Å². The van der Waals surface area contributed by atoms with Crippen molar-refractivity contribution in [1.29, 1.82) is 0 Å². The number of aromatic nitrogens is 3. The average molecular weight is 397 g/mol. The zero-order chi connectivity index (χ0) is 20.1. The molecule has 0 radical (unpaired) electrons. The number of anilines is 1. The molecule has 2 aromatic carbocycles. The molecule has 0 bridgehead atoms. The van der Waals surface area contributed by atoms with Gasteiger partial charge in [0.05, 0.1) is 12.4 Å². The number of amides is 1. The third-order valence-electron chi connectivity index (χ3n) is 4.46. The van der Waals surface area contributed by atoms with E-state index in [9.17, 15) is 4.79 Å². The molecule has 3 aromatic rings. The van der Waals surface area contributed by atoms with Crippen molar-refractivity contribution in [2.45, 2.75) is 30.7 Å². The van der Waals surface area contributed by atoms with Gasteiger partial charge in [-0.05, 0) is 55.3 Å². The Kier molecular flexibility index (Phi) is 6.36.